The number of ether oxygens (including phenoxy) is 2. The number of piperidine rings is 1. The van der Waals surface area contributed by atoms with Crippen molar-refractivity contribution in [1.82, 2.24) is 66.2 Å². The summed E-state index contributed by atoms with van der Waals surface area (Å²) in [5, 5.41) is 27.2. The molecule has 7 N–H and O–H groups in total. The number of carboxylic acid groups (broad SMARTS) is 1. The Labute approximate surface area is 766 Å². The first-order valence-electron chi connectivity index (χ1n) is 44.9. The number of hydrogen-bond acceptors (Lipinski definition) is 16. The quantitative estimate of drug-likeness (QED) is 0.0175. The van der Waals surface area contributed by atoms with Crippen molar-refractivity contribution < 1.29 is 81.7 Å². The lowest BCUT2D eigenvalue weighted by molar-refractivity contribution is -0.151. The van der Waals surface area contributed by atoms with Crippen LogP contribution in [0, 0.1) is 23.7 Å². The number of hydrogen-bond donors (Lipinski definition) is 7. The molecule has 1 aliphatic rings. The van der Waals surface area contributed by atoms with Crippen molar-refractivity contribution in [2.24, 2.45) is 23.7 Å². The summed E-state index contributed by atoms with van der Waals surface area (Å²) < 4.78 is 13.1. The van der Waals surface area contributed by atoms with E-state index in [-0.39, 0.29) is 49.8 Å². The lowest BCUT2D eigenvalue weighted by atomic mass is 9.79. The molecular weight excluding hydrogens is 1660 g/mol. The first kappa shape index (κ1) is 105. The van der Waals surface area contributed by atoms with Crippen LogP contribution in [0.5, 0.6) is 0 Å². The van der Waals surface area contributed by atoms with Crippen molar-refractivity contribution in [3.8, 4) is 0 Å². The molecule has 704 valence electrons. The third kappa shape index (κ3) is 29.1. The number of nitrogens with zero attached hydrogens (tertiary/aromatic N) is 7. The van der Waals surface area contributed by atoms with Crippen LogP contribution >= 0.6 is 0 Å². The number of rotatable bonds is 44. The minimum absolute atomic E-state index is 0.0363. The molecule has 30 heteroatoms. The molecule has 0 bridgehead atoms. The van der Waals surface area contributed by atoms with E-state index in [0.717, 1.165) is 29.1 Å². The summed E-state index contributed by atoms with van der Waals surface area (Å²) >= 11 is 0. The Hall–Kier alpha value is -12.3. The molecule has 1 heterocycles. The zero-order chi connectivity index (χ0) is 96.2. The van der Waals surface area contributed by atoms with Crippen LogP contribution < -0.4 is 31.9 Å². The third-order valence-corrected chi connectivity index (χ3v) is 23.6. The van der Waals surface area contributed by atoms with Crippen molar-refractivity contribution in [2.75, 3.05) is 61.9 Å². The number of carbonyl (C=O) groups is 14. The summed E-state index contributed by atoms with van der Waals surface area (Å²) in [6.07, 6.45) is -0.797. The molecule has 130 heavy (non-hydrogen) atoms. The number of nitrogens with one attached hydrogen (secondary N) is 6. The fourth-order valence-corrected chi connectivity index (χ4v) is 16.1. The van der Waals surface area contributed by atoms with Gasteiger partial charge in [0, 0.05) is 74.6 Å². The second-order valence-corrected chi connectivity index (χ2v) is 36.5. The monoisotopic (exact) mass is 1790 g/mol. The fourth-order valence-electron chi connectivity index (χ4n) is 16.1. The standard InChI is InChI=1S/C100H137N13O17/c1-63(2)56-78(110(18)96(126)84(65(5)6)105-87(117)68(10)107(15)98(128)130-99(12,13)14)91(121)106-85(69(11)129-100(73-48-34-24-35-49-73,74-50-36-25-37-51-74)75-52-38-26-39-53-75)97(127)111(19)79(59-71-44-30-22-31-45-71)89(119)101-62-82(114)108(16)81(57-64(3)4)95(125)112(20)86(66(7)8)92(122)103-76(58-70-42-28-21-29-43-70)88(118)104-77(61-83(115)116)94(124)109(17)80(60-72-46-32-23-33-47-72)90(120)102-67(9)93(123)113-54-40-27-41-55-113/h21-26,28-39,42-53,63-69,76-81,84-86H,27,40-41,54-62H2,1-20H3,(H,101,119)(H,102,120)(H,103,122)(H,104,118)(H,105,117)(H,106,121)(H,115,116)/t67-,68-,69+,76?,77-,78-,79-,80?,81-,84-,85-,86-/m0/s1. The maximum Gasteiger partial charge on any atom is 0.410 e. The average molecular weight is 1790 g/mol. The predicted octanol–water partition coefficient (Wildman–Crippen LogP) is 8.95. The molecule has 6 aromatic carbocycles. The second kappa shape index (κ2) is 48.9. The molecule has 1 fully saturated rings. The first-order valence-corrected chi connectivity index (χ1v) is 44.9. The molecule has 12 atom stereocenters. The lowest BCUT2D eigenvalue weighted by Crippen LogP contribution is -2.63. The van der Waals surface area contributed by atoms with Crippen LogP contribution in [-0.2, 0) is 96.7 Å². The number of amides is 13. The third-order valence-electron chi connectivity index (χ3n) is 23.6. The Kier molecular flexibility index (Phi) is 39.4. The van der Waals surface area contributed by atoms with Crippen LogP contribution in [0.1, 0.15) is 169 Å². The normalized spacial score (nSPS) is 15.1. The molecule has 0 radical (unpaired) electrons. The average Bonchev–Trinajstić information content (AvgIpc) is 0.748. The Bertz CT molecular complexity index is 4670. The van der Waals surface area contributed by atoms with E-state index in [1.807, 2.05) is 119 Å². The van der Waals surface area contributed by atoms with Gasteiger partial charge in [-0.15, -0.1) is 0 Å². The van der Waals surface area contributed by atoms with Gasteiger partial charge in [0.15, 0.2) is 0 Å². The van der Waals surface area contributed by atoms with Crippen LogP contribution in [0.3, 0.4) is 0 Å². The molecule has 0 saturated carbocycles. The van der Waals surface area contributed by atoms with Crippen LogP contribution in [0.4, 0.5) is 4.79 Å². The highest BCUT2D eigenvalue weighted by atomic mass is 16.6. The van der Waals surface area contributed by atoms with Gasteiger partial charge in [0.25, 0.3) is 0 Å². The van der Waals surface area contributed by atoms with E-state index >= 15 is 38.4 Å². The van der Waals surface area contributed by atoms with Gasteiger partial charge < -0.3 is 75.9 Å². The Morgan fingerprint density at radius 1 is 0.400 bits per heavy atom. The van der Waals surface area contributed by atoms with Gasteiger partial charge in [0.2, 0.25) is 70.9 Å². The Balaban J connectivity index is 1.19. The van der Waals surface area contributed by atoms with Gasteiger partial charge >= 0.3 is 12.1 Å². The molecule has 0 aliphatic carbocycles. The Morgan fingerprint density at radius 3 is 1.25 bits per heavy atom. The highest BCUT2D eigenvalue weighted by Gasteiger charge is 2.47. The maximum atomic E-state index is 16.4. The Morgan fingerprint density at radius 2 is 0.808 bits per heavy atom. The fraction of sp³-hybridized carbons (Fsp3) is 0.500. The van der Waals surface area contributed by atoms with Gasteiger partial charge in [-0.25, -0.2) is 4.79 Å². The minimum atomic E-state index is -1.81. The number of benzene rings is 6. The summed E-state index contributed by atoms with van der Waals surface area (Å²) in [4.78, 5) is 215. The maximum absolute atomic E-state index is 16.4. The summed E-state index contributed by atoms with van der Waals surface area (Å²) in [5.41, 5.74) is 1.31. The van der Waals surface area contributed by atoms with Crippen LogP contribution in [0.2, 0.25) is 0 Å². The van der Waals surface area contributed by atoms with Gasteiger partial charge in [0.05, 0.1) is 19.1 Å². The molecule has 30 nitrogen and oxygen atoms in total. The summed E-state index contributed by atoms with van der Waals surface area (Å²) in [6, 6.07) is 39.0. The van der Waals surface area contributed by atoms with Crippen LogP contribution in [0.15, 0.2) is 182 Å². The largest absolute Gasteiger partial charge is 0.481 e. The van der Waals surface area contributed by atoms with Crippen molar-refractivity contribution in [2.45, 2.75) is 238 Å². The van der Waals surface area contributed by atoms with Gasteiger partial charge in [-0.1, -0.05) is 237 Å². The number of carboxylic acids is 1. The summed E-state index contributed by atoms with van der Waals surface area (Å²) in [5.74, 6) is -12.3. The van der Waals surface area contributed by atoms with Gasteiger partial charge in [-0.3, -0.25) is 67.2 Å². The smallest absolute Gasteiger partial charge is 0.410 e. The van der Waals surface area contributed by atoms with Crippen LogP contribution in [-0.4, -0.2) is 262 Å². The van der Waals surface area contributed by atoms with E-state index in [1.54, 1.807) is 158 Å². The molecule has 6 aromatic rings. The van der Waals surface area contributed by atoms with Crippen LogP contribution in [0.25, 0.3) is 0 Å². The molecule has 7 rings (SSSR count). The topological polar surface area (TPSA) is 373 Å². The number of likely N-dealkylation sites (N-methyl/N-ethyl adjacent to an activating group) is 6. The second-order valence-electron chi connectivity index (χ2n) is 36.5. The van der Waals surface area contributed by atoms with E-state index in [9.17, 15) is 33.9 Å². The molecule has 0 spiro atoms. The van der Waals surface area contributed by atoms with E-state index in [2.05, 4.69) is 31.9 Å². The van der Waals surface area contributed by atoms with Gasteiger partial charge in [-0.05, 0) is 131 Å². The molecule has 1 saturated heterocycles. The van der Waals surface area contributed by atoms with Crippen molar-refractivity contribution >= 4 is 82.9 Å². The molecule has 0 aromatic heterocycles. The van der Waals surface area contributed by atoms with Crippen molar-refractivity contribution in [3.63, 3.8) is 0 Å². The van der Waals surface area contributed by atoms with Gasteiger partial charge in [0.1, 0.15) is 77.7 Å². The molecule has 1 aliphatic heterocycles. The molecule has 2 unspecified atom stereocenters. The van der Waals surface area contributed by atoms with Crippen molar-refractivity contribution in [1.29, 1.82) is 0 Å². The van der Waals surface area contributed by atoms with E-state index < -0.39 is 186 Å². The number of aliphatic carboxylic acids is 1. The molecular formula is C100H137N13O17. The number of carbonyl (C=O) groups excluding carboxylic acids is 13. The zero-order valence-corrected chi connectivity index (χ0v) is 79.2. The van der Waals surface area contributed by atoms with E-state index in [4.69, 9.17) is 9.47 Å². The SMILES string of the molecule is CC(C)C[C@@H](C(=O)N(C)[C@H](C(=O)NC(Cc1ccccc1)C(=O)N[C@@H](CC(=O)O)C(=O)N(C)C(Cc1ccccc1)C(=O)N[C@@H](C)C(=O)N1CCCCC1)C(C)C)N(C)C(=O)CNC(=O)[C@H](Cc1ccccc1)N(C)C(=O)[C@@H](NC(=O)[C@H](CC(C)C)N(C)C(=O)[C@@H](NC(=O)[C@H](C)N(C)C(=O)OC(C)(C)C)C(C)C)[C@@H](C)OC(c1ccccc1)(c1ccccc1)c1ccccc1. The summed E-state index contributed by atoms with van der Waals surface area (Å²) in [7, 11) is 8.31. The zero-order valence-electron chi connectivity index (χ0n) is 79.2. The highest BCUT2D eigenvalue weighted by molar-refractivity contribution is 6.00. The van der Waals surface area contributed by atoms with Crippen molar-refractivity contribution in [3.05, 3.63) is 215 Å². The van der Waals surface area contributed by atoms with Gasteiger partial charge in [-0.2, -0.15) is 0 Å². The predicted molar refractivity (Wildman–Crippen MR) is 496 cm³/mol. The van der Waals surface area contributed by atoms with E-state index in [0.29, 0.717) is 46.5 Å². The first-order chi connectivity index (χ1) is 61.4. The highest BCUT2D eigenvalue weighted by Crippen LogP contribution is 2.42. The lowest BCUT2D eigenvalue weighted by Gasteiger charge is -2.41. The van der Waals surface area contributed by atoms with E-state index in [1.165, 1.54) is 68.8 Å². The number of likely N-dealkylation sites (tertiary alicyclic amines) is 1. The molecule has 13 amide bonds. The summed E-state index contributed by atoms with van der Waals surface area (Å²) in [6.45, 7) is 24.2. The minimum Gasteiger partial charge on any atom is -0.481 e.